The zero-order valence-corrected chi connectivity index (χ0v) is 16.6. The number of nitrogens with zero attached hydrogens (tertiary/aromatic N) is 5. The molecule has 1 N–H and O–H groups in total. The second-order valence-electron chi connectivity index (χ2n) is 7.58. The van der Waals surface area contributed by atoms with Crippen molar-refractivity contribution in [1.82, 2.24) is 25.2 Å². The van der Waals surface area contributed by atoms with E-state index in [2.05, 4.69) is 30.1 Å². The highest BCUT2D eigenvalue weighted by atomic mass is 19.4. The van der Waals surface area contributed by atoms with Crippen LogP contribution in [-0.4, -0.2) is 37.0 Å². The molecule has 2 atom stereocenters. The molecular formula is C19H17F5N6O2. The predicted molar refractivity (Wildman–Crippen MR) is 99.4 cm³/mol. The summed E-state index contributed by atoms with van der Waals surface area (Å²) < 4.78 is 70.5. The van der Waals surface area contributed by atoms with Crippen molar-refractivity contribution in [2.75, 3.05) is 5.32 Å². The van der Waals surface area contributed by atoms with Crippen LogP contribution in [0.15, 0.2) is 34.9 Å². The average Bonchev–Trinajstić information content (AvgIpc) is 3.43. The summed E-state index contributed by atoms with van der Waals surface area (Å²) in [5, 5.41) is 13.9. The van der Waals surface area contributed by atoms with Crippen LogP contribution in [0.25, 0.3) is 11.4 Å². The number of aryl methyl sites for hydroxylation is 1. The Morgan fingerprint density at radius 3 is 2.53 bits per heavy atom. The third-order valence-corrected chi connectivity index (χ3v) is 5.25. The largest absolute Gasteiger partial charge is 0.451 e. The molecule has 1 aliphatic rings. The van der Waals surface area contributed by atoms with Crippen LogP contribution in [0.5, 0.6) is 0 Å². The molecule has 8 nitrogen and oxygen atoms in total. The van der Waals surface area contributed by atoms with Crippen molar-refractivity contribution < 1.29 is 31.2 Å². The molecule has 2 heterocycles. The van der Waals surface area contributed by atoms with Gasteiger partial charge in [0, 0.05) is 18.4 Å². The summed E-state index contributed by atoms with van der Waals surface area (Å²) in [4.78, 5) is 17.6. The van der Waals surface area contributed by atoms with Crippen LogP contribution < -0.4 is 5.32 Å². The maximum absolute atomic E-state index is 13.9. The fraction of sp³-hybridized carbons (Fsp3) is 0.421. The van der Waals surface area contributed by atoms with Crippen molar-refractivity contribution in [2.45, 2.75) is 37.3 Å². The topological polar surface area (TPSA) is 98.7 Å². The van der Waals surface area contributed by atoms with E-state index in [0.29, 0.717) is 23.1 Å². The standard InChI is InChI=1S/C19H17F5N6O2/c1-30-28-15(27-29-30)11-4-2-10(3-5-11)14(12-6-7-18(20,21)8-12)16(31)26-17-25-9-13(32-17)19(22,23)24/h2-5,9,12,14H,6-8H2,1H3,(H,25,26,31). The van der Waals surface area contributed by atoms with E-state index >= 15 is 0 Å². The van der Waals surface area contributed by atoms with Crippen LogP contribution in [0.2, 0.25) is 0 Å². The van der Waals surface area contributed by atoms with Gasteiger partial charge in [-0.2, -0.15) is 18.0 Å². The van der Waals surface area contributed by atoms with Crippen molar-refractivity contribution in [3.05, 3.63) is 41.8 Å². The Bertz CT molecular complexity index is 1110. The highest BCUT2D eigenvalue weighted by Crippen LogP contribution is 2.46. The number of carbonyl (C=O) groups is 1. The maximum atomic E-state index is 13.9. The zero-order chi connectivity index (χ0) is 23.1. The molecule has 0 aliphatic heterocycles. The number of hydrogen-bond donors (Lipinski definition) is 1. The number of nitrogens with one attached hydrogen (secondary N) is 1. The molecule has 2 aromatic heterocycles. The van der Waals surface area contributed by atoms with E-state index < -0.39 is 48.0 Å². The first-order valence-electron chi connectivity index (χ1n) is 9.58. The van der Waals surface area contributed by atoms with Crippen molar-refractivity contribution in [3.8, 4) is 11.4 Å². The van der Waals surface area contributed by atoms with Crippen molar-refractivity contribution >= 4 is 11.9 Å². The second-order valence-corrected chi connectivity index (χ2v) is 7.58. The van der Waals surface area contributed by atoms with Gasteiger partial charge in [-0.1, -0.05) is 24.3 Å². The third-order valence-electron chi connectivity index (χ3n) is 5.25. The zero-order valence-electron chi connectivity index (χ0n) is 16.6. The van der Waals surface area contributed by atoms with Crippen molar-refractivity contribution in [1.29, 1.82) is 0 Å². The van der Waals surface area contributed by atoms with E-state index in [1.165, 1.54) is 4.80 Å². The predicted octanol–water partition coefficient (Wildman–Crippen LogP) is 4.04. The Hall–Kier alpha value is -3.38. The minimum atomic E-state index is -4.77. The summed E-state index contributed by atoms with van der Waals surface area (Å²) in [5.41, 5.74) is 1.01. The quantitative estimate of drug-likeness (QED) is 0.582. The lowest BCUT2D eigenvalue weighted by molar-refractivity contribution is -0.152. The van der Waals surface area contributed by atoms with Crippen molar-refractivity contribution in [2.24, 2.45) is 13.0 Å². The lowest BCUT2D eigenvalue weighted by atomic mass is 9.83. The van der Waals surface area contributed by atoms with E-state index in [-0.39, 0.29) is 12.8 Å². The molecule has 0 spiro atoms. The number of carbonyl (C=O) groups excluding carboxylic acids is 1. The summed E-state index contributed by atoms with van der Waals surface area (Å²) in [6.45, 7) is 0. The van der Waals surface area contributed by atoms with Gasteiger partial charge in [0.05, 0.1) is 19.2 Å². The number of oxazole rings is 1. The molecule has 1 aromatic carbocycles. The molecule has 4 rings (SSSR count). The van der Waals surface area contributed by atoms with Crippen LogP contribution in [0, 0.1) is 5.92 Å². The number of anilines is 1. The van der Waals surface area contributed by atoms with Gasteiger partial charge in [0.1, 0.15) is 0 Å². The first-order valence-corrected chi connectivity index (χ1v) is 9.58. The lowest BCUT2D eigenvalue weighted by Gasteiger charge is -2.23. The Morgan fingerprint density at radius 2 is 2.00 bits per heavy atom. The summed E-state index contributed by atoms with van der Waals surface area (Å²) in [6, 6.07) is 5.73. The van der Waals surface area contributed by atoms with Gasteiger partial charge in [0.2, 0.25) is 23.4 Å². The van der Waals surface area contributed by atoms with Gasteiger partial charge in [-0.05, 0) is 23.1 Å². The number of tetrazole rings is 1. The number of halogens is 5. The van der Waals surface area contributed by atoms with Crippen LogP contribution in [-0.2, 0) is 18.0 Å². The number of hydrogen-bond acceptors (Lipinski definition) is 6. The molecule has 1 fully saturated rings. The fourth-order valence-corrected chi connectivity index (χ4v) is 3.79. The SMILES string of the molecule is Cn1nnc(-c2ccc(C(C(=O)Nc3ncc(C(F)(F)F)o3)C3CCC(F)(F)C3)cc2)n1. The highest BCUT2D eigenvalue weighted by molar-refractivity contribution is 5.94. The minimum Gasteiger partial charge on any atom is -0.419 e. The van der Waals surface area contributed by atoms with Gasteiger partial charge in [-0.15, -0.1) is 10.2 Å². The van der Waals surface area contributed by atoms with Crippen LogP contribution in [0.1, 0.15) is 36.5 Å². The van der Waals surface area contributed by atoms with Crippen LogP contribution >= 0.6 is 0 Å². The minimum absolute atomic E-state index is 0.0813. The van der Waals surface area contributed by atoms with Gasteiger partial charge in [-0.25, -0.2) is 13.8 Å². The Kier molecular flexibility index (Phi) is 5.42. The molecule has 0 radical (unpaired) electrons. The van der Waals surface area contributed by atoms with Gasteiger partial charge in [-0.3, -0.25) is 10.1 Å². The molecule has 1 aliphatic carbocycles. The highest BCUT2D eigenvalue weighted by Gasteiger charge is 2.45. The van der Waals surface area contributed by atoms with Crippen molar-refractivity contribution in [3.63, 3.8) is 0 Å². The number of rotatable bonds is 5. The molecule has 170 valence electrons. The number of alkyl halides is 5. The summed E-state index contributed by atoms with van der Waals surface area (Å²) in [6.07, 6.45) is -5.14. The molecule has 2 unspecified atom stereocenters. The summed E-state index contributed by atoms with van der Waals surface area (Å²) in [7, 11) is 1.60. The molecule has 32 heavy (non-hydrogen) atoms. The number of aromatic nitrogens is 5. The summed E-state index contributed by atoms with van der Waals surface area (Å²) >= 11 is 0. The summed E-state index contributed by atoms with van der Waals surface area (Å²) in [5.74, 6) is -6.51. The molecule has 3 aromatic rings. The molecule has 0 saturated heterocycles. The molecule has 13 heteroatoms. The van der Waals surface area contributed by atoms with Gasteiger partial charge in [0.25, 0.3) is 0 Å². The normalized spacial score (nSPS) is 19.1. The lowest BCUT2D eigenvalue weighted by Crippen LogP contribution is -2.27. The fourth-order valence-electron chi connectivity index (χ4n) is 3.79. The van der Waals surface area contributed by atoms with Gasteiger partial charge in [0.15, 0.2) is 0 Å². The monoisotopic (exact) mass is 456 g/mol. The Morgan fingerprint density at radius 1 is 1.28 bits per heavy atom. The number of benzene rings is 1. The van der Waals surface area contributed by atoms with E-state index in [9.17, 15) is 26.7 Å². The van der Waals surface area contributed by atoms with E-state index in [1.807, 2.05) is 0 Å². The first-order chi connectivity index (χ1) is 15.0. The van der Waals surface area contributed by atoms with E-state index in [0.717, 1.165) is 0 Å². The molecule has 1 amide bonds. The molecule has 1 saturated carbocycles. The van der Waals surface area contributed by atoms with Crippen LogP contribution in [0.3, 0.4) is 0 Å². The third kappa shape index (κ3) is 4.60. The smallest absolute Gasteiger partial charge is 0.419 e. The second kappa shape index (κ2) is 7.95. The Labute approximate surface area is 177 Å². The maximum Gasteiger partial charge on any atom is 0.451 e. The molecular weight excluding hydrogens is 439 g/mol. The van der Waals surface area contributed by atoms with Crippen LogP contribution in [0.4, 0.5) is 28.0 Å². The van der Waals surface area contributed by atoms with E-state index in [1.54, 1.807) is 31.3 Å². The Balaban J connectivity index is 1.60. The van der Waals surface area contributed by atoms with Gasteiger partial charge >= 0.3 is 12.2 Å². The number of amides is 1. The molecule has 0 bridgehead atoms. The van der Waals surface area contributed by atoms with E-state index in [4.69, 9.17) is 0 Å². The first kappa shape index (κ1) is 21.8. The average molecular weight is 456 g/mol. The van der Waals surface area contributed by atoms with Gasteiger partial charge < -0.3 is 4.42 Å².